The van der Waals surface area contributed by atoms with Crippen molar-refractivity contribution in [3.8, 4) is 22.6 Å². The summed E-state index contributed by atoms with van der Waals surface area (Å²) < 4.78 is 5.46. The summed E-state index contributed by atoms with van der Waals surface area (Å²) in [6, 6.07) is 20.8. The van der Waals surface area contributed by atoms with Gasteiger partial charge in [0.25, 0.3) is 11.8 Å². The molecule has 0 aliphatic carbocycles. The van der Waals surface area contributed by atoms with Crippen LogP contribution in [0, 0.1) is 0 Å². The first kappa shape index (κ1) is 20.6. The molecule has 8 nitrogen and oxygen atoms in total. The first-order valence-corrected chi connectivity index (χ1v) is 10.5. The highest BCUT2D eigenvalue weighted by Gasteiger charge is 2.38. The fourth-order valence-corrected chi connectivity index (χ4v) is 3.93. The van der Waals surface area contributed by atoms with Crippen LogP contribution in [0.15, 0.2) is 88.8 Å². The van der Waals surface area contributed by atoms with Crippen molar-refractivity contribution in [2.45, 2.75) is 12.5 Å². The third-order valence-electron chi connectivity index (χ3n) is 5.55. The van der Waals surface area contributed by atoms with E-state index in [1.165, 1.54) is 7.11 Å². The van der Waals surface area contributed by atoms with Crippen molar-refractivity contribution in [2.75, 3.05) is 13.7 Å². The van der Waals surface area contributed by atoms with Crippen LogP contribution in [0.4, 0.5) is 0 Å². The van der Waals surface area contributed by atoms with Crippen molar-refractivity contribution in [3.05, 3.63) is 90.5 Å². The molecular formula is C25H21N5O3. The number of rotatable bonds is 5. The summed E-state index contributed by atoms with van der Waals surface area (Å²) in [4.78, 5) is 28.7. The average molecular weight is 439 g/mol. The van der Waals surface area contributed by atoms with Gasteiger partial charge in [-0.3, -0.25) is 9.78 Å². The third kappa shape index (κ3) is 4.23. The highest BCUT2D eigenvalue weighted by molar-refractivity contribution is 6.00. The van der Waals surface area contributed by atoms with Gasteiger partial charge in [-0.15, -0.1) is 0 Å². The first-order valence-electron chi connectivity index (χ1n) is 10.5. The van der Waals surface area contributed by atoms with Gasteiger partial charge in [0.15, 0.2) is 5.82 Å². The Morgan fingerprint density at radius 3 is 2.45 bits per heavy atom. The summed E-state index contributed by atoms with van der Waals surface area (Å²) in [6.45, 7) is 0.330. The van der Waals surface area contributed by atoms with Gasteiger partial charge in [0.1, 0.15) is 13.2 Å². The van der Waals surface area contributed by atoms with Crippen LogP contribution in [-0.2, 0) is 4.84 Å². The molecule has 0 saturated carbocycles. The Labute approximate surface area is 190 Å². The fourth-order valence-electron chi connectivity index (χ4n) is 3.93. The molecule has 1 amide bonds. The van der Waals surface area contributed by atoms with Crippen molar-refractivity contribution in [1.29, 1.82) is 0 Å². The molecule has 4 aromatic rings. The van der Waals surface area contributed by atoms with Crippen molar-refractivity contribution < 1.29 is 14.2 Å². The molecule has 1 fully saturated rings. The molecule has 1 unspecified atom stereocenters. The van der Waals surface area contributed by atoms with Crippen LogP contribution in [-0.4, -0.2) is 45.3 Å². The molecule has 164 valence electrons. The topological polar surface area (TPSA) is 93.7 Å². The van der Waals surface area contributed by atoms with E-state index in [4.69, 9.17) is 9.36 Å². The van der Waals surface area contributed by atoms with Crippen LogP contribution in [0.2, 0.25) is 0 Å². The number of oxime groups is 1. The minimum Gasteiger partial charge on any atom is -0.399 e. The molecule has 0 bridgehead atoms. The predicted octanol–water partition coefficient (Wildman–Crippen LogP) is 4.39. The minimum atomic E-state index is -0.403. The number of pyridine rings is 1. The van der Waals surface area contributed by atoms with Crippen molar-refractivity contribution >= 4 is 11.6 Å². The van der Waals surface area contributed by atoms with Crippen LogP contribution in [0.5, 0.6) is 0 Å². The molecule has 8 heteroatoms. The van der Waals surface area contributed by atoms with E-state index in [1.54, 1.807) is 29.4 Å². The largest absolute Gasteiger partial charge is 0.399 e. The lowest BCUT2D eigenvalue weighted by molar-refractivity contribution is 0.0732. The summed E-state index contributed by atoms with van der Waals surface area (Å²) in [7, 11) is 1.49. The van der Waals surface area contributed by atoms with Gasteiger partial charge in [-0.1, -0.05) is 52.8 Å². The molecule has 2 aromatic carbocycles. The molecule has 1 aliphatic rings. The lowest BCUT2D eigenvalue weighted by Crippen LogP contribution is -2.31. The summed E-state index contributed by atoms with van der Waals surface area (Å²) in [6.07, 6.45) is 3.79. The lowest BCUT2D eigenvalue weighted by Gasteiger charge is -2.21. The number of hydrogen-bond acceptors (Lipinski definition) is 7. The summed E-state index contributed by atoms with van der Waals surface area (Å²) >= 11 is 0. The number of carbonyl (C=O) groups excluding carboxylic acids is 1. The quantitative estimate of drug-likeness (QED) is 0.428. The molecular weight excluding hydrogens is 418 g/mol. The minimum absolute atomic E-state index is 0.129. The first-order chi connectivity index (χ1) is 16.2. The maximum Gasteiger partial charge on any atom is 0.258 e. The molecule has 1 atom stereocenters. The van der Waals surface area contributed by atoms with Gasteiger partial charge in [-0.05, 0) is 35.4 Å². The van der Waals surface area contributed by atoms with E-state index in [9.17, 15) is 4.79 Å². The van der Waals surface area contributed by atoms with Crippen LogP contribution < -0.4 is 0 Å². The molecule has 0 radical (unpaired) electrons. The summed E-state index contributed by atoms with van der Waals surface area (Å²) in [5.41, 5.74) is 4.23. The van der Waals surface area contributed by atoms with Gasteiger partial charge in [0.2, 0.25) is 0 Å². The van der Waals surface area contributed by atoms with Crippen LogP contribution in [0.3, 0.4) is 0 Å². The monoisotopic (exact) mass is 439 g/mol. The van der Waals surface area contributed by atoms with Crippen molar-refractivity contribution in [3.63, 3.8) is 0 Å². The molecule has 0 spiro atoms. The number of aromatic nitrogens is 3. The Hall–Kier alpha value is -4.33. The third-order valence-corrected chi connectivity index (χ3v) is 5.55. The van der Waals surface area contributed by atoms with Gasteiger partial charge < -0.3 is 14.3 Å². The highest BCUT2D eigenvalue weighted by Crippen LogP contribution is 2.32. The van der Waals surface area contributed by atoms with Crippen molar-refractivity contribution in [1.82, 2.24) is 20.0 Å². The van der Waals surface area contributed by atoms with Crippen LogP contribution >= 0.6 is 0 Å². The number of likely N-dealkylation sites (tertiary alicyclic amines) is 1. The maximum absolute atomic E-state index is 13.4. The predicted molar refractivity (Wildman–Crippen MR) is 122 cm³/mol. The van der Waals surface area contributed by atoms with Gasteiger partial charge in [0, 0.05) is 29.9 Å². The van der Waals surface area contributed by atoms with E-state index in [0.29, 0.717) is 30.2 Å². The summed E-state index contributed by atoms with van der Waals surface area (Å²) in [5.74, 6) is 0.678. The van der Waals surface area contributed by atoms with E-state index in [0.717, 1.165) is 22.4 Å². The number of nitrogens with zero attached hydrogens (tertiary/aromatic N) is 5. The Balaban J connectivity index is 1.42. The molecule has 33 heavy (non-hydrogen) atoms. The van der Waals surface area contributed by atoms with E-state index in [1.807, 2.05) is 54.6 Å². The molecule has 5 rings (SSSR count). The normalized spacial score (nSPS) is 16.8. The van der Waals surface area contributed by atoms with Gasteiger partial charge in [-0.2, -0.15) is 4.98 Å². The molecule has 1 aliphatic heterocycles. The van der Waals surface area contributed by atoms with Gasteiger partial charge >= 0.3 is 0 Å². The number of benzene rings is 2. The van der Waals surface area contributed by atoms with Gasteiger partial charge in [0.05, 0.1) is 12.3 Å². The zero-order valence-corrected chi connectivity index (χ0v) is 18.0. The Bertz CT molecular complexity index is 1270. The molecule has 2 aromatic heterocycles. The van der Waals surface area contributed by atoms with Crippen LogP contribution in [0.25, 0.3) is 22.6 Å². The van der Waals surface area contributed by atoms with Gasteiger partial charge in [-0.25, -0.2) is 0 Å². The number of amides is 1. The summed E-state index contributed by atoms with van der Waals surface area (Å²) in [5, 5.41) is 8.23. The smallest absolute Gasteiger partial charge is 0.258 e. The SMILES string of the molecule is CON=C1CC(c2noc(-c3ccncc3)n2)N(C(=O)c2ccc(-c3ccccc3)cc2)C1. The van der Waals surface area contributed by atoms with E-state index in [2.05, 4.69) is 20.3 Å². The van der Waals surface area contributed by atoms with Crippen LogP contribution in [0.1, 0.15) is 28.6 Å². The maximum atomic E-state index is 13.4. The van der Waals surface area contributed by atoms with E-state index in [-0.39, 0.29) is 5.91 Å². The number of hydrogen-bond donors (Lipinski definition) is 0. The average Bonchev–Trinajstić information content (AvgIpc) is 3.53. The Morgan fingerprint density at radius 1 is 1.00 bits per heavy atom. The zero-order chi connectivity index (χ0) is 22.6. The lowest BCUT2D eigenvalue weighted by atomic mass is 10.0. The Kier molecular flexibility index (Phi) is 5.63. The number of carbonyl (C=O) groups is 1. The fraction of sp³-hybridized carbons (Fsp3) is 0.160. The second-order valence-corrected chi connectivity index (χ2v) is 7.63. The second-order valence-electron chi connectivity index (χ2n) is 7.63. The second kappa shape index (κ2) is 9.04. The highest BCUT2D eigenvalue weighted by atomic mass is 16.6. The standard InChI is InChI=1S/C25H21N5O3/c1-32-28-21-15-22(23-27-24(33-29-23)19-11-13-26-14-12-19)30(16-21)25(31)20-9-7-18(8-10-20)17-5-3-2-4-6-17/h2-14,22H,15-16H2,1H3. The Morgan fingerprint density at radius 2 is 1.73 bits per heavy atom. The van der Waals surface area contributed by atoms with E-state index < -0.39 is 6.04 Å². The molecule has 0 N–H and O–H groups in total. The zero-order valence-electron chi connectivity index (χ0n) is 18.0. The van der Waals surface area contributed by atoms with E-state index >= 15 is 0 Å². The molecule has 3 heterocycles. The van der Waals surface area contributed by atoms with Crippen molar-refractivity contribution in [2.24, 2.45) is 5.16 Å². The molecule has 1 saturated heterocycles.